The van der Waals surface area contributed by atoms with Crippen molar-refractivity contribution in [2.45, 2.75) is 32.5 Å². The van der Waals surface area contributed by atoms with Gasteiger partial charge in [0.1, 0.15) is 17.1 Å². The predicted molar refractivity (Wildman–Crippen MR) is 118 cm³/mol. The van der Waals surface area contributed by atoms with Crippen molar-refractivity contribution in [3.05, 3.63) is 45.0 Å². The second kappa shape index (κ2) is 11.1. The van der Waals surface area contributed by atoms with E-state index >= 15 is 0 Å². The third-order valence-electron chi connectivity index (χ3n) is 4.80. The molecule has 0 spiro atoms. The van der Waals surface area contributed by atoms with Crippen LogP contribution in [0.15, 0.2) is 24.3 Å². The molecule has 1 unspecified atom stereocenters. The first-order valence-electron chi connectivity index (χ1n) is 10.3. The van der Waals surface area contributed by atoms with Crippen LogP contribution in [0.5, 0.6) is 28.7 Å². The van der Waals surface area contributed by atoms with Crippen LogP contribution in [0, 0.1) is 10.1 Å². The van der Waals surface area contributed by atoms with Crippen molar-refractivity contribution in [2.75, 3.05) is 27.4 Å². The molecule has 1 aliphatic heterocycles. The van der Waals surface area contributed by atoms with Gasteiger partial charge in [0.25, 0.3) is 5.75 Å². The largest absolute Gasteiger partial charge is 0.497 e. The molecule has 1 atom stereocenters. The summed E-state index contributed by atoms with van der Waals surface area (Å²) in [5.74, 6) is -0.998. The Morgan fingerprint density at radius 2 is 2.00 bits per heavy atom. The van der Waals surface area contributed by atoms with Gasteiger partial charge in [-0.15, -0.1) is 0 Å². The summed E-state index contributed by atoms with van der Waals surface area (Å²) in [7, 11) is 2.62. The van der Waals surface area contributed by atoms with Crippen molar-refractivity contribution in [1.82, 2.24) is 0 Å². The molecule has 0 saturated carbocycles. The Hall–Kier alpha value is -3.24. The first-order valence-corrected chi connectivity index (χ1v) is 10.6. The van der Waals surface area contributed by atoms with Crippen LogP contribution in [-0.4, -0.2) is 44.6 Å². The first kappa shape index (κ1) is 24.4. The lowest BCUT2D eigenvalue weighted by molar-refractivity contribution is -0.387. The van der Waals surface area contributed by atoms with E-state index in [-0.39, 0.29) is 40.2 Å². The summed E-state index contributed by atoms with van der Waals surface area (Å²) in [6.45, 7) is 2.27. The summed E-state index contributed by atoms with van der Waals surface area (Å²) in [4.78, 5) is 24.0. The van der Waals surface area contributed by atoms with Gasteiger partial charge in [-0.25, -0.2) is 4.79 Å². The number of nitro groups is 1. The number of esters is 1. The molecule has 0 aromatic heterocycles. The number of halogens is 1. The Labute approximate surface area is 195 Å². The second-order valence-corrected chi connectivity index (χ2v) is 7.33. The molecule has 1 aliphatic rings. The lowest BCUT2D eigenvalue weighted by Gasteiger charge is -2.25. The van der Waals surface area contributed by atoms with Crippen LogP contribution in [0.25, 0.3) is 0 Å². The number of carbonyl (C=O) groups excluding carboxylic acids is 1. The third-order valence-corrected chi connectivity index (χ3v) is 5.11. The van der Waals surface area contributed by atoms with Gasteiger partial charge in [0, 0.05) is 18.6 Å². The summed E-state index contributed by atoms with van der Waals surface area (Å²) in [5, 5.41) is 12.4. The molecule has 10 nitrogen and oxygen atoms in total. The monoisotopic (exact) mass is 481 g/mol. The Morgan fingerprint density at radius 1 is 1.21 bits per heavy atom. The standard InChI is InChI=1S/C22H24ClNO9/c1-4-30-17-12-14(22(25)29-3)20(33-18-7-5-6-10-31-18)19(24(26)27)21(17)32-16-11-13(28-2)8-9-15(16)23/h8-9,11-12,18H,4-7,10H2,1-3H3. The number of carbonyl (C=O) groups is 1. The summed E-state index contributed by atoms with van der Waals surface area (Å²) in [5.41, 5.74) is -0.805. The highest BCUT2D eigenvalue weighted by molar-refractivity contribution is 6.32. The quantitative estimate of drug-likeness (QED) is 0.272. The van der Waals surface area contributed by atoms with E-state index < -0.39 is 22.9 Å². The normalized spacial score (nSPS) is 15.5. The molecule has 1 saturated heterocycles. The number of benzene rings is 2. The highest BCUT2D eigenvalue weighted by Crippen LogP contribution is 2.50. The van der Waals surface area contributed by atoms with E-state index in [4.69, 9.17) is 40.0 Å². The molecular weight excluding hydrogens is 458 g/mol. The zero-order valence-corrected chi connectivity index (χ0v) is 19.2. The van der Waals surface area contributed by atoms with Gasteiger partial charge in [-0.1, -0.05) is 11.6 Å². The Morgan fingerprint density at radius 3 is 2.61 bits per heavy atom. The molecule has 2 aromatic carbocycles. The van der Waals surface area contributed by atoms with Gasteiger partial charge in [-0.2, -0.15) is 0 Å². The number of nitrogens with zero attached hydrogens (tertiary/aromatic N) is 1. The van der Waals surface area contributed by atoms with Crippen molar-refractivity contribution in [3.8, 4) is 28.7 Å². The maximum Gasteiger partial charge on any atom is 0.357 e. The molecule has 33 heavy (non-hydrogen) atoms. The van der Waals surface area contributed by atoms with Crippen LogP contribution in [0.4, 0.5) is 5.69 Å². The first-order chi connectivity index (χ1) is 15.9. The van der Waals surface area contributed by atoms with Crippen molar-refractivity contribution < 1.29 is 38.1 Å². The highest BCUT2D eigenvalue weighted by atomic mass is 35.5. The lowest BCUT2D eigenvalue weighted by Crippen LogP contribution is -2.26. The molecule has 1 heterocycles. The van der Waals surface area contributed by atoms with Crippen LogP contribution in [0.3, 0.4) is 0 Å². The van der Waals surface area contributed by atoms with Gasteiger partial charge >= 0.3 is 11.7 Å². The van der Waals surface area contributed by atoms with Crippen molar-refractivity contribution in [1.29, 1.82) is 0 Å². The molecular formula is C22H24ClNO9. The summed E-state index contributed by atoms with van der Waals surface area (Å²) in [6.07, 6.45) is 1.39. The van der Waals surface area contributed by atoms with E-state index in [1.807, 2.05) is 0 Å². The maximum absolute atomic E-state index is 12.5. The molecule has 0 N–H and O–H groups in total. The summed E-state index contributed by atoms with van der Waals surface area (Å²) < 4.78 is 32.9. The number of nitro benzene ring substituents is 1. The zero-order chi connectivity index (χ0) is 24.0. The molecule has 3 rings (SSSR count). The number of rotatable bonds is 9. The van der Waals surface area contributed by atoms with E-state index in [0.717, 1.165) is 20.0 Å². The smallest absolute Gasteiger partial charge is 0.357 e. The molecule has 1 fully saturated rings. The molecule has 11 heteroatoms. The SMILES string of the molecule is CCOc1cc(C(=O)OC)c(OC2CCCCO2)c([N+](=O)[O-])c1Oc1cc(OC)ccc1Cl. The predicted octanol–water partition coefficient (Wildman–Crippen LogP) is 5.14. The number of methoxy groups -OCH3 is 2. The number of hydrogen-bond acceptors (Lipinski definition) is 9. The number of ether oxygens (including phenoxy) is 6. The fourth-order valence-corrected chi connectivity index (χ4v) is 3.41. The fraction of sp³-hybridized carbons (Fsp3) is 0.409. The topological polar surface area (TPSA) is 116 Å². The molecule has 2 aromatic rings. The minimum Gasteiger partial charge on any atom is -0.497 e. The van der Waals surface area contributed by atoms with Gasteiger partial charge in [0.15, 0.2) is 12.0 Å². The molecule has 0 amide bonds. The van der Waals surface area contributed by atoms with Crippen LogP contribution in [-0.2, 0) is 9.47 Å². The van der Waals surface area contributed by atoms with E-state index in [1.165, 1.54) is 25.3 Å². The minimum atomic E-state index is -0.837. The van der Waals surface area contributed by atoms with Gasteiger partial charge in [0.05, 0.1) is 37.4 Å². The summed E-state index contributed by atoms with van der Waals surface area (Å²) in [6, 6.07) is 5.89. The van der Waals surface area contributed by atoms with Gasteiger partial charge in [0.2, 0.25) is 5.75 Å². The Bertz CT molecular complexity index is 1020. The zero-order valence-electron chi connectivity index (χ0n) is 18.4. The molecule has 0 bridgehead atoms. The van der Waals surface area contributed by atoms with Crippen molar-refractivity contribution in [2.24, 2.45) is 0 Å². The van der Waals surface area contributed by atoms with E-state index in [0.29, 0.717) is 18.8 Å². The Balaban J connectivity index is 2.22. The van der Waals surface area contributed by atoms with Gasteiger partial charge < -0.3 is 28.4 Å². The van der Waals surface area contributed by atoms with E-state index in [1.54, 1.807) is 13.0 Å². The van der Waals surface area contributed by atoms with E-state index in [2.05, 4.69) is 0 Å². The molecule has 0 radical (unpaired) electrons. The second-order valence-electron chi connectivity index (χ2n) is 6.92. The van der Waals surface area contributed by atoms with Crippen molar-refractivity contribution in [3.63, 3.8) is 0 Å². The lowest BCUT2D eigenvalue weighted by atomic mass is 10.1. The average molecular weight is 482 g/mol. The van der Waals surface area contributed by atoms with E-state index in [9.17, 15) is 14.9 Å². The van der Waals surface area contributed by atoms with Crippen LogP contribution in [0.2, 0.25) is 5.02 Å². The maximum atomic E-state index is 12.5. The van der Waals surface area contributed by atoms with Crippen LogP contribution >= 0.6 is 11.6 Å². The van der Waals surface area contributed by atoms with Gasteiger partial charge in [-0.3, -0.25) is 10.1 Å². The minimum absolute atomic E-state index is 0.0552. The molecule has 0 aliphatic carbocycles. The average Bonchev–Trinajstić information content (AvgIpc) is 2.81. The van der Waals surface area contributed by atoms with Gasteiger partial charge in [-0.05, 0) is 31.9 Å². The number of hydrogen-bond donors (Lipinski definition) is 0. The summed E-state index contributed by atoms with van der Waals surface area (Å²) >= 11 is 6.25. The Kier molecular flexibility index (Phi) is 8.18. The fourth-order valence-electron chi connectivity index (χ4n) is 3.25. The van der Waals surface area contributed by atoms with Crippen molar-refractivity contribution >= 4 is 23.3 Å². The molecule has 178 valence electrons. The third kappa shape index (κ3) is 5.58. The van der Waals surface area contributed by atoms with Crippen LogP contribution in [0.1, 0.15) is 36.5 Å². The highest BCUT2D eigenvalue weighted by Gasteiger charge is 2.36. The van der Waals surface area contributed by atoms with Crippen LogP contribution < -0.4 is 18.9 Å².